The molecule has 0 saturated carbocycles. The molecule has 0 atom stereocenters. The first-order valence-corrected chi connectivity index (χ1v) is 8.13. The molecule has 23 heavy (non-hydrogen) atoms. The maximum Gasteiger partial charge on any atom is 0.278 e. The van der Waals surface area contributed by atoms with Gasteiger partial charge in [0.25, 0.3) is 5.91 Å². The lowest BCUT2D eigenvalue weighted by atomic mass is 10.3. The van der Waals surface area contributed by atoms with E-state index in [0.29, 0.717) is 17.4 Å². The molecular weight excluding hydrogens is 310 g/mol. The fourth-order valence-electron chi connectivity index (χ4n) is 2.36. The molecule has 1 amide bonds. The smallest absolute Gasteiger partial charge is 0.278 e. The van der Waals surface area contributed by atoms with E-state index in [9.17, 15) is 4.79 Å². The highest BCUT2D eigenvalue weighted by molar-refractivity contribution is 7.15. The van der Waals surface area contributed by atoms with Crippen molar-refractivity contribution >= 4 is 28.0 Å². The molecule has 0 radical (unpaired) electrons. The first kappa shape index (κ1) is 15.6. The van der Waals surface area contributed by atoms with Crippen LogP contribution in [0, 0.1) is 13.8 Å². The van der Waals surface area contributed by atoms with E-state index in [4.69, 9.17) is 0 Å². The van der Waals surface area contributed by atoms with Crippen LogP contribution in [-0.2, 0) is 6.54 Å². The summed E-state index contributed by atoms with van der Waals surface area (Å²) in [5.74, 6) is -0.223. The highest BCUT2D eigenvalue weighted by atomic mass is 32.1. The first-order valence-electron chi connectivity index (χ1n) is 7.32. The number of amides is 1. The number of thiazole rings is 1. The van der Waals surface area contributed by atoms with Crippen molar-refractivity contribution in [2.45, 2.75) is 20.4 Å². The Kier molecular flexibility index (Phi) is 4.14. The van der Waals surface area contributed by atoms with Gasteiger partial charge in [0.1, 0.15) is 5.65 Å². The minimum Gasteiger partial charge on any atom is -0.304 e. The van der Waals surface area contributed by atoms with Crippen molar-refractivity contribution in [3.63, 3.8) is 0 Å². The summed E-state index contributed by atoms with van der Waals surface area (Å²) in [6.45, 7) is 4.55. The molecule has 3 aromatic heterocycles. The fourth-order valence-corrected chi connectivity index (χ4v) is 3.17. The Morgan fingerprint density at radius 3 is 2.74 bits per heavy atom. The molecular formula is C16H19N5OS. The van der Waals surface area contributed by atoms with Crippen molar-refractivity contribution in [1.82, 2.24) is 19.3 Å². The van der Waals surface area contributed by atoms with Crippen molar-refractivity contribution < 1.29 is 4.79 Å². The van der Waals surface area contributed by atoms with Crippen molar-refractivity contribution in [3.05, 3.63) is 46.4 Å². The molecule has 0 bridgehead atoms. The Balaban J connectivity index is 1.98. The highest BCUT2D eigenvalue weighted by Gasteiger charge is 2.20. The molecule has 3 aromatic rings. The average molecular weight is 329 g/mol. The molecule has 120 valence electrons. The highest BCUT2D eigenvalue weighted by Crippen LogP contribution is 2.22. The largest absolute Gasteiger partial charge is 0.304 e. The summed E-state index contributed by atoms with van der Waals surface area (Å²) in [6.07, 6.45) is 1.93. The van der Waals surface area contributed by atoms with E-state index in [-0.39, 0.29) is 5.91 Å². The number of rotatable bonds is 4. The van der Waals surface area contributed by atoms with Crippen molar-refractivity contribution in [3.8, 4) is 0 Å². The zero-order valence-corrected chi connectivity index (χ0v) is 14.4. The van der Waals surface area contributed by atoms with Gasteiger partial charge < -0.3 is 9.30 Å². The Labute approximate surface area is 138 Å². The van der Waals surface area contributed by atoms with E-state index in [1.807, 2.05) is 61.6 Å². The average Bonchev–Trinajstić information content (AvgIpc) is 3.00. The van der Waals surface area contributed by atoms with Gasteiger partial charge in [-0.25, -0.2) is 9.97 Å². The number of hydrogen-bond donors (Lipinski definition) is 1. The first-order chi connectivity index (χ1) is 11.0. The zero-order valence-electron chi connectivity index (χ0n) is 13.6. The van der Waals surface area contributed by atoms with Crippen LogP contribution in [0.15, 0.2) is 24.4 Å². The lowest BCUT2D eigenvalue weighted by Gasteiger charge is -2.10. The number of nitrogens with one attached hydrogen (secondary N) is 1. The minimum absolute atomic E-state index is 0.223. The van der Waals surface area contributed by atoms with Crippen molar-refractivity contribution in [2.75, 3.05) is 19.4 Å². The molecule has 1 N–H and O–H groups in total. The van der Waals surface area contributed by atoms with E-state index in [1.54, 1.807) is 0 Å². The van der Waals surface area contributed by atoms with E-state index < -0.39 is 0 Å². The normalized spacial score (nSPS) is 11.3. The molecule has 0 aliphatic heterocycles. The van der Waals surface area contributed by atoms with Gasteiger partial charge in [-0.05, 0) is 40.1 Å². The van der Waals surface area contributed by atoms with Crippen LogP contribution in [0.3, 0.4) is 0 Å². The van der Waals surface area contributed by atoms with Crippen LogP contribution in [0.25, 0.3) is 5.65 Å². The van der Waals surface area contributed by atoms with Gasteiger partial charge in [-0.2, -0.15) is 0 Å². The van der Waals surface area contributed by atoms with Crippen molar-refractivity contribution in [1.29, 1.82) is 0 Å². The molecule has 0 aliphatic rings. The third-order valence-corrected chi connectivity index (χ3v) is 4.55. The summed E-state index contributed by atoms with van der Waals surface area (Å²) in [5.41, 5.74) is 3.01. The standard InChI is InChI=1S/C16H19N5OS/c1-10-11(2)23-16(17-10)19-15(22)14-12(9-20(3)4)21-8-6-5-7-13(21)18-14/h5-8H,9H2,1-4H3,(H,17,19,22). The summed E-state index contributed by atoms with van der Waals surface area (Å²) in [5, 5.41) is 3.48. The van der Waals surface area contributed by atoms with Gasteiger partial charge in [-0.3, -0.25) is 10.1 Å². The number of aryl methyl sites for hydroxylation is 2. The van der Waals surface area contributed by atoms with E-state index in [0.717, 1.165) is 21.9 Å². The fraction of sp³-hybridized carbons (Fsp3) is 0.312. The summed E-state index contributed by atoms with van der Waals surface area (Å²) in [4.78, 5) is 24.6. The molecule has 7 heteroatoms. The third kappa shape index (κ3) is 3.11. The molecule has 6 nitrogen and oxygen atoms in total. The third-order valence-electron chi connectivity index (χ3n) is 3.56. The van der Waals surface area contributed by atoms with E-state index >= 15 is 0 Å². The molecule has 0 aliphatic carbocycles. The second kappa shape index (κ2) is 6.10. The topological polar surface area (TPSA) is 62.5 Å². The van der Waals surface area contributed by atoms with Crippen LogP contribution < -0.4 is 5.32 Å². The lowest BCUT2D eigenvalue weighted by molar-refractivity contribution is 0.102. The van der Waals surface area contributed by atoms with Gasteiger partial charge in [0.15, 0.2) is 10.8 Å². The van der Waals surface area contributed by atoms with Gasteiger partial charge in [-0.1, -0.05) is 6.07 Å². The number of imidazole rings is 1. The zero-order chi connectivity index (χ0) is 16.6. The van der Waals surface area contributed by atoms with Gasteiger partial charge >= 0.3 is 0 Å². The molecule has 3 rings (SSSR count). The number of hydrogen-bond acceptors (Lipinski definition) is 5. The number of nitrogens with zero attached hydrogens (tertiary/aromatic N) is 4. The number of carbonyl (C=O) groups is 1. The van der Waals surface area contributed by atoms with E-state index in [2.05, 4.69) is 15.3 Å². The summed E-state index contributed by atoms with van der Waals surface area (Å²) in [7, 11) is 3.94. The lowest BCUT2D eigenvalue weighted by Crippen LogP contribution is -2.19. The Bertz CT molecular complexity index is 845. The maximum absolute atomic E-state index is 12.7. The van der Waals surface area contributed by atoms with E-state index in [1.165, 1.54) is 11.3 Å². The Morgan fingerprint density at radius 2 is 2.09 bits per heavy atom. The number of anilines is 1. The second-order valence-corrected chi connectivity index (χ2v) is 6.89. The van der Waals surface area contributed by atoms with Crippen LogP contribution >= 0.6 is 11.3 Å². The molecule has 0 aromatic carbocycles. The number of aromatic nitrogens is 3. The van der Waals surface area contributed by atoms with Crippen molar-refractivity contribution in [2.24, 2.45) is 0 Å². The summed E-state index contributed by atoms with van der Waals surface area (Å²) < 4.78 is 1.95. The van der Waals surface area contributed by atoms with Gasteiger partial charge in [-0.15, -0.1) is 11.3 Å². The van der Waals surface area contributed by atoms with Crippen LogP contribution in [0.5, 0.6) is 0 Å². The summed E-state index contributed by atoms with van der Waals surface area (Å²) >= 11 is 1.48. The van der Waals surface area contributed by atoms with Gasteiger partial charge in [0.05, 0.1) is 11.4 Å². The molecule has 3 heterocycles. The van der Waals surface area contributed by atoms with Crippen LogP contribution in [0.1, 0.15) is 26.8 Å². The monoisotopic (exact) mass is 329 g/mol. The molecule has 0 spiro atoms. The number of fused-ring (bicyclic) bond motifs is 1. The van der Waals surface area contributed by atoms with Crippen LogP contribution in [0.4, 0.5) is 5.13 Å². The molecule has 0 saturated heterocycles. The SMILES string of the molecule is Cc1nc(NC(=O)c2nc3ccccn3c2CN(C)C)sc1C. The molecule has 0 fully saturated rings. The molecule has 0 unspecified atom stereocenters. The Hall–Kier alpha value is -2.25. The number of pyridine rings is 1. The van der Waals surface area contributed by atoms with Gasteiger partial charge in [0, 0.05) is 17.6 Å². The quantitative estimate of drug-likeness (QED) is 0.799. The summed E-state index contributed by atoms with van der Waals surface area (Å²) in [6, 6.07) is 5.74. The minimum atomic E-state index is -0.223. The predicted molar refractivity (Wildman–Crippen MR) is 92.1 cm³/mol. The Morgan fingerprint density at radius 1 is 1.30 bits per heavy atom. The van der Waals surface area contributed by atoms with Gasteiger partial charge in [0.2, 0.25) is 0 Å². The maximum atomic E-state index is 12.7. The van der Waals surface area contributed by atoms with Crippen LogP contribution in [-0.4, -0.2) is 39.3 Å². The van der Waals surface area contributed by atoms with Crippen LogP contribution in [0.2, 0.25) is 0 Å². The second-order valence-electron chi connectivity index (χ2n) is 5.69. The predicted octanol–water partition coefficient (Wildman–Crippen LogP) is 2.72. The number of carbonyl (C=O) groups excluding carboxylic acids is 1.